The van der Waals surface area contributed by atoms with Crippen molar-refractivity contribution in [2.24, 2.45) is 5.92 Å². The van der Waals surface area contributed by atoms with Crippen molar-refractivity contribution in [1.82, 2.24) is 30.7 Å². The van der Waals surface area contributed by atoms with E-state index >= 15 is 0 Å². The first kappa shape index (κ1) is 24.0. The van der Waals surface area contributed by atoms with Crippen molar-refractivity contribution in [3.05, 3.63) is 89.4 Å². The number of likely N-dealkylation sites (tertiary alicyclic amines) is 1. The summed E-state index contributed by atoms with van der Waals surface area (Å²) in [6.45, 7) is 4.28. The van der Waals surface area contributed by atoms with E-state index in [2.05, 4.69) is 87.2 Å². The van der Waals surface area contributed by atoms with Gasteiger partial charge in [-0.25, -0.2) is 4.79 Å². The van der Waals surface area contributed by atoms with Gasteiger partial charge in [0.05, 0.1) is 11.7 Å². The van der Waals surface area contributed by atoms with E-state index in [9.17, 15) is 4.79 Å². The minimum absolute atomic E-state index is 0.0601. The fraction of sp³-hybridized carbons (Fsp3) is 0.345. The molecule has 2 aromatic heterocycles. The summed E-state index contributed by atoms with van der Waals surface area (Å²) < 4.78 is 0. The molecule has 1 saturated heterocycles. The van der Waals surface area contributed by atoms with Gasteiger partial charge in [0.15, 0.2) is 0 Å². The third-order valence-electron chi connectivity index (χ3n) is 7.25. The highest BCUT2D eigenvalue weighted by molar-refractivity contribution is 5.79. The van der Waals surface area contributed by atoms with Gasteiger partial charge >= 0.3 is 6.03 Å². The van der Waals surface area contributed by atoms with Gasteiger partial charge in [-0.1, -0.05) is 55.0 Å². The number of aromatic nitrogens is 3. The van der Waals surface area contributed by atoms with Crippen LogP contribution in [0.2, 0.25) is 0 Å². The number of H-pyrrole nitrogens is 1. The van der Waals surface area contributed by atoms with Crippen LogP contribution in [0, 0.1) is 5.92 Å². The van der Waals surface area contributed by atoms with Crippen molar-refractivity contribution in [2.45, 2.75) is 38.8 Å². The number of nitrogens with zero attached hydrogens (tertiary/aromatic N) is 3. The number of hydrogen-bond acceptors (Lipinski definition) is 4. The van der Waals surface area contributed by atoms with Crippen molar-refractivity contribution in [3.63, 3.8) is 0 Å². The molecular formula is C29H34N6O. The van der Waals surface area contributed by atoms with Crippen molar-refractivity contribution in [1.29, 1.82) is 0 Å². The molecule has 0 bridgehead atoms. The first-order valence-electron chi connectivity index (χ1n) is 12.8. The van der Waals surface area contributed by atoms with Gasteiger partial charge in [0.1, 0.15) is 0 Å². The third-order valence-corrected chi connectivity index (χ3v) is 7.25. The van der Waals surface area contributed by atoms with Crippen LogP contribution in [0.1, 0.15) is 36.6 Å². The summed E-state index contributed by atoms with van der Waals surface area (Å²) in [6.07, 6.45) is 10.9. The molecule has 3 N–H and O–H groups in total. The predicted octanol–water partition coefficient (Wildman–Crippen LogP) is 4.57. The first-order chi connectivity index (χ1) is 17.6. The molecule has 2 amide bonds. The minimum Gasteiger partial charge on any atom is -0.334 e. The zero-order chi connectivity index (χ0) is 24.9. The summed E-state index contributed by atoms with van der Waals surface area (Å²) in [6, 6.07) is 14.4. The van der Waals surface area contributed by atoms with Gasteiger partial charge in [-0.3, -0.25) is 10.1 Å². The van der Waals surface area contributed by atoms with Gasteiger partial charge in [-0.15, -0.1) is 0 Å². The fourth-order valence-electron chi connectivity index (χ4n) is 5.49. The number of likely N-dealkylation sites (N-methyl/N-ethyl adjacent to an activating group) is 1. The van der Waals surface area contributed by atoms with Crippen LogP contribution in [0.25, 0.3) is 16.8 Å². The van der Waals surface area contributed by atoms with Crippen LogP contribution < -0.4 is 10.6 Å². The fourth-order valence-corrected chi connectivity index (χ4v) is 5.49. The predicted molar refractivity (Wildman–Crippen MR) is 143 cm³/mol. The van der Waals surface area contributed by atoms with Crippen LogP contribution in [0.5, 0.6) is 0 Å². The van der Waals surface area contributed by atoms with Crippen molar-refractivity contribution in [3.8, 4) is 11.3 Å². The van der Waals surface area contributed by atoms with Gasteiger partial charge in [0, 0.05) is 54.8 Å². The van der Waals surface area contributed by atoms with Gasteiger partial charge < -0.3 is 15.5 Å². The molecular weight excluding hydrogens is 448 g/mol. The molecule has 7 heteroatoms. The normalized spacial score (nSPS) is 20.1. The topological polar surface area (TPSA) is 85.9 Å². The molecule has 2 atom stereocenters. The average molecular weight is 483 g/mol. The number of nitrogens with one attached hydrogen (secondary N) is 3. The smallest absolute Gasteiger partial charge is 0.315 e. The minimum atomic E-state index is -0.141. The highest BCUT2D eigenvalue weighted by Gasteiger charge is 2.35. The van der Waals surface area contributed by atoms with Crippen molar-refractivity contribution >= 4 is 11.6 Å². The van der Waals surface area contributed by atoms with Crippen LogP contribution in [-0.4, -0.2) is 52.3 Å². The van der Waals surface area contributed by atoms with Crippen molar-refractivity contribution in [2.75, 3.05) is 20.1 Å². The molecule has 0 spiro atoms. The van der Waals surface area contributed by atoms with E-state index in [-0.39, 0.29) is 18.0 Å². The second-order valence-corrected chi connectivity index (χ2v) is 9.63. The van der Waals surface area contributed by atoms with Crippen LogP contribution >= 0.6 is 0 Å². The molecule has 36 heavy (non-hydrogen) atoms. The molecule has 2 aliphatic rings. The maximum atomic E-state index is 13.1. The average Bonchev–Trinajstić information content (AvgIpc) is 3.51. The number of carbonyl (C=O) groups excluding carboxylic acids is 1. The summed E-state index contributed by atoms with van der Waals surface area (Å²) in [4.78, 5) is 19.5. The van der Waals surface area contributed by atoms with E-state index in [4.69, 9.17) is 0 Å². The van der Waals surface area contributed by atoms with Crippen molar-refractivity contribution < 1.29 is 4.79 Å². The zero-order valence-corrected chi connectivity index (χ0v) is 21.0. The largest absolute Gasteiger partial charge is 0.334 e. The van der Waals surface area contributed by atoms with Crippen LogP contribution in [0.3, 0.4) is 0 Å². The maximum absolute atomic E-state index is 13.1. The van der Waals surface area contributed by atoms with Crippen LogP contribution in [0.4, 0.5) is 4.79 Å². The van der Waals surface area contributed by atoms with E-state index in [1.54, 1.807) is 12.4 Å². The number of carbonyl (C=O) groups is 1. The highest BCUT2D eigenvalue weighted by atomic mass is 16.2. The summed E-state index contributed by atoms with van der Waals surface area (Å²) in [5, 5.41) is 14.1. The number of amides is 2. The Morgan fingerprint density at radius 3 is 2.69 bits per heavy atom. The summed E-state index contributed by atoms with van der Waals surface area (Å²) in [5.41, 5.74) is 7.90. The molecule has 3 aromatic rings. The molecule has 0 radical (unpaired) electrons. The van der Waals surface area contributed by atoms with Crippen LogP contribution in [-0.2, 0) is 13.0 Å². The monoisotopic (exact) mass is 482 g/mol. The molecule has 3 heterocycles. The number of allylic oxidation sites excluding steroid dienone is 3. The molecule has 186 valence electrons. The number of pyridine rings is 1. The second-order valence-electron chi connectivity index (χ2n) is 9.63. The summed E-state index contributed by atoms with van der Waals surface area (Å²) >= 11 is 0. The lowest BCUT2D eigenvalue weighted by Crippen LogP contribution is -2.46. The van der Waals surface area contributed by atoms with E-state index in [0.717, 1.165) is 54.9 Å². The Labute approximate surface area is 212 Å². The molecule has 1 unspecified atom stereocenters. The molecule has 0 saturated carbocycles. The third kappa shape index (κ3) is 5.11. The van der Waals surface area contributed by atoms with E-state index in [1.165, 1.54) is 16.7 Å². The van der Waals surface area contributed by atoms with Crippen LogP contribution in [0.15, 0.2) is 72.6 Å². The van der Waals surface area contributed by atoms with E-state index in [1.807, 2.05) is 12.1 Å². The second kappa shape index (κ2) is 10.9. The molecule has 1 fully saturated rings. The lowest BCUT2D eigenvalue weighted by Gasteiger charge is -2.27. The Morgan fingerprint density at radius 2 is 1.92 bits per heavy atom. The zero-order valence-electron chi connectivity index (χ0n) is 21.0. The number of rotatable bonds is 7. The number of benzene rings is 1. The Morgan fingerprint density at radius 1 is 1.11 bits per heavy atom. The first-order valence-corrected chi connectivity index (χ1v) is 12.8. The highest BCUT2D eigenvalue weighted by Crippen LogP contribution is 2.36. The Kier molecular flexibility index (Phi) is 7.28. The molecule has 5 rings (SSSR count). The summed E-state index contributed by atoms with van der Waals surface area (Å²) in [5.74, 6) is 0.286. The Balaban J connectivity index is 1.31. The lowest BCUT2D eigenvalue weighted by atomic mass is 9.82. The van der Waals surface area contributed by atoms with E-state index < -0.39 is 0 Å². The van der Waals surface area contributed by atoms with E-state index in [0.29, 0.717) is 6.54 Å². The molecule has 7 nitrogen and oxygen atoms in total. The number of aromatic amines is 1. The quantitative estimate of drug-likeness (QED) is 0.461. The lowest BCUT2D eigenvalue weighted by molar-refractivity contribution is 0.235. The molecule has 1 aromatic carbocycles. The molecule has 1 aliphatic heterocycles. The standard InChI is InChI=1S/C29H34N6O/c1-3-26-24(28(34-33-26)21-13-15-30-16-14-21)17-31-29(36)32-27-19-35(2)18-25(27)23-12-8-7-11-22(23)20-9-5-4-6-10-20/h4-7,9-11,13-16,25,27H,3,8,12,17-19H2,1-2H3,(H,33,34)(H2,31,32,36)/t25-,27?/m0/s1. The van der Waals surface area contributed by atoms with Gasteiger partial charge in [-0.2, -0.15) is 5.10 Å². The number of urea groups is 1. The number of hydrogen-bond donors (Lipinski definition) is 3. The van der Waals surface area contributed by atoms with Gasteiger partial charge in [0.25, 0.3) is 0 Å². The Hall–Kier alpha value is -3.71. The maximum Gasteiger partial charge on any atom is 0.315 e. The summed E-state index contributed by atoms with van der Waals surface area (Å²) in [7, 11) is 2.13. The molecule has 1 aliphatic carbocycles. The van der Waals surface area contributed by atoms with Gasteiger partial charge in [0.2, 0.25) is 0 Å². The Bertz CT molecular complexity index is 1250. The SMILES string of the molecule is CCc1[nH]nc(-c2ccncc2)c1CNC(=O)NC1CN(C)C[C@H]1C1=C(c2ccccc2)C=CCC1. The van der Waals surface area contributed by atoms with Gasteiger partial charge in [-0.05, 0) is 49.6 Å². The number of aryl methyl sites for hydroxylation is 1.